The number of hydrogen-bond acceptors (Lipinski definition) is 5. The van der Waals surface area contributed by atoms with Crippen molar-refractivity contribution in [2.75, 3.05) is 7.11 Å². The molecule has 0 bridgehead atoms. The highest BCUT2D eigenvalue weighted by molar-refractivity contribution is 7.18. The summed E-state index contributed by atoms with van der Waals surface area (Å²) in [5.74, 6) is 0.115. The number of nitrogens with zero attached hydrogens (tertiary/aromatic N) is 3. The zero-order valence-electron chi connectivity index (χ0n) is 10.3. The first kappa shape index (κ1) is 12.8. The fraction of sp³-hybridized carbons (Fsp3) is 0.167. The number of hydrogen-bond donors (Lipinski definition) is 0. The Morgan fingerprint density at radius 3 is 2.60 bits per heavy atom. The van der Waals surface area contributed by atoms with Crippen molar-refractivity contribution >= 4 is 16.3 Å². The van der Waals surface area contributed by atoms with Gasteiger partial charge >= 0.3 is 6.61 Å². The Balaban J connectivity index is 1.88. The van der Waals surface area contributed by atoms with Crippen molar-refractivity contribution in [2.24, 2.45) is 0 Å². The van der Waals surface area contributed by atoms with E-state index in [1.165, 1.54) is 23.5 Å². The van der Waals surface area contributed by atoms with Gasteiger partial charge in [0.2, 0.25) is 4.96 Å². The number of methoxy groups -OCH3 is 1. The Labute approximate surface area is 116 Å². The molecule has 5 nitrogen and oxygen atoms in total. The molecule has 0 atom stereocenters. The van der Waals surface area contributed by atoms with Crippen LogP contribution in [0.5, 0.6) is 10.9 Å². The summed E-state index contributed by atoms with van der Waals surface area (Å²) in [6, 6.07) is 6.29. The van der Waals surface area contributed by atoms with Crippen LogP contribution in [0.15, 0.2) is 30.5 Å². The molecule has 0 amide bonds. The van der Waals surface area contributed by atoms with Crippen LogP contribution in [0.3, 0.4) is 0 Å². The van der Waals surface area contributed by atoms with E-state index in [2.05, 4.69) is 14.8 Å². The maximum atomic E-state index is 12.1. The molecule has 2 aromatic heterocycles. The van der Waals surface area contributed by atoms with Crippen molar-refractivity contribution in [2.45, 2.75) is 6.61 Å². The molecule has 0 N–H and O–H groups in total. The van der Waals surface area contributed by atoms with Crippen LogP contribution in [0.1, 0.15) is 0 Å². The van der Waals surface area contributed by atoms with Gasteiger partial charge in [-0.1, -0.05) is 0 Å². The lowest BCUT2D eigenvalue weighted by Gasteiger charge is -2.04. The number of aromatic nitrogens is 3. The first-order chi connectivity index (χ1) is 9.65. The van der Waals surface area contributed by atoms with Gasteiger partial charge in [0.1, 0.15) is 5.75 Å². The fourth-order valence-electron chi connectivity index (χ4n) is 1.71. The third-order valence-electron chi connectivity index (χ3n) is 2.57. The van der Waals surface area contributed by atoms with Crippen LogP contribution < -0.4 is 9.47 Å². The number of alkyl halides is 2. The lowest BCUT2D eigenvalue weighted by molar-refractivity contribution is -0.0498. The zero-order valence-corrected chi connectivity index (χ0v) is 11.1. The average molecular weight is 297 g/mol. The summed E-state index contributed by atoms with van der Waals surface area (Å²) in [6.45, 7) is -2.82. The molecule has 0 fully saturated rings. The molecule has 104 valence electrons. The summed E-state index contributed by atoms with van der Waals surface area (Å²) in [7, 11) is 1.54. The number of imidazole rings is 1. The number of ether oxygens (including phenoxy) is 2. The van der Waals surface area contributed by atoms with Gasteiger partial charge in [0.15, 0.2) is 0 Å². The van der Waals surface area contributed by atoms with Crippen LogP contribution in [-0.4, -0.2) is 28.3 Å². The van der Waals surface area contributed by atoms with Crippen LogP contribution >= 0.6 is 11.3 Å². The first-order valence-corrected chi connectivity index (χ1v) is 6.43. The van der Waals surface area contributed by atoms with Crippen LogP contribution in [0.2, 0.25) is 0 Å². The molecular formula is C12H9F2N3O2S. The van der Waals surface area contributed by atoms with Gasteiger partial charge in [-0.3, -0.25) is 0 Å². The quantitative estimate of drug-likeness (QED) is 0.742. The molecule has 0 radical (unpaired) electrons. The van der Waals surface area contributed by atoms with Gasteiger partial charge in [0, 0.05) is 5.56 Å². The van der Waals surface area contributed by atoms with Gasteiger partial charge in [0.25, 0.3) is 5.19 Å². The van der Waals surface area contributed by atoms with Crippen molar-refractivity contribution in [3.05, 3.63) is 30.5 Å². The number of benzene rings is 1. The fourth-order valence-corrected chi connectivity index (χ4v) is 2.41. The summed E-state index contributed by atoms with van der Waals surface area (Å²) in [5, 5.41) is 4.69. The lowest BCUT2D eigenvalue weighted by Crippen LogP contribution is -2.01. The molecule has 3 rings (SSSR count). The van der Waals surface area contributed by atoms with Gasteiger partial charge < -0.3 is 9.47 Å². The normalized spacial score (nSPS) is 11.2. The van der Waals surface area contributed by atoms with Crippen molar-refractivity contribution in [3.8, 4) is 22.2 Å². The van der Waals surface area contributed by atoms with Crippen molar-refractivity contribution in [3.63, 3.8) is 0 Å². The molecule has 0 saturated carbocycles. The third kappa shape index (κ3) is 2.42. The summed E-state index contributed by atoms with van der Waals surface area (Å²) in [6.07, 6.45) is 1.75. The highest BCUT2D eigenvalue weighted by atomic mass is 32.1. The highest BCUT2D eigenvalue weighted by Crippen LogP contribution is 2.26. The minimum Gasteiger partial charge on any atom is -0.472 e. The van der Waals surface area contributed by atoms with E-state index in [0.29, 0.717) is 15.8 Å². The summed E-state index contributed by atoms with van der Waals surface area (Å²) in [4.78, 5) is 5.09. The molecule has 2 heterocycles. The average Bonchev–Trinajstić information content (AvgIpc) is 2.96. The molecule has 0 unspecified atom stereocenters. The number of halogens is 2. The van der Waals surface area contributed by atoms with Crippen LogP contribution in [0.4, 0.5) is 8.78 Å². The minimum atomic E-state index is -2.82. The lowest BCUT2D eigenvalue weighted by atomic mass is 10.2. The smallest absolute Gasteiger partial charge is 0.387 e. The Morgan fingerprint density at radius 2 is 2.00 bits per heavy atom. The molecule has 0 spiro atoms. The largest absolute Gasteiger partial charge is 0.472 e. The van der Waals surface area contributed by atoms with E-state index in [1.807, 2.05) is 0 Å². The molecule has 0 aliphatic heterocycles. The molecule has 1 aromatic carbocycles. The van der Waals surface area contributed by atoms with Crippen LogP contribution in [0.25, 0.3) is 16.2 Å². The van der Waals surface area contributed by atoms with E-state index in [4.69, 9.17) is 4.74 Å². The van der Waals surface area contributed by atoms with Crippen LogP contribution in [0, 0.1) is 0 Å². The highest BCUT2D eigenvalue weighted by Gasteiger charge is 2.10. The second-order valence-electron chi connectivity index (χ2n) is 3.83. The van der Waals surface area contributed by atoms with Crippen molar-refractivity contribution in [1.82, 2.24) is 14.6 Å². The molecule has 0 aliphatic carbocycles. The van der Waals surface area contributed by atoms with E-state index in [9.17, 15) is 8.78 Å². The summed E-state index contributed by atoms with van der Waals surface area (Å²) < 4.78 is 35.0. The third-order valence-corrected chi connectivity index (χ3v) is 3.46. The first-order valence-electron chi connectivity index (χ1n) is 5.61. The Morgan fingerprint density at radius 1 is 1.25 bits per heavy atom. The molecular weight excluding hydrogens is 288 g/mol. The maximum Gasteiger partial charge on any atom is 0.387 e. The predicted molar refractivity (Wildman–Crippen MR) is 69.5 cm³/mol. The summed E-state index contributed by atoms with van der Waals surface area (Å²) in [5.41, 5.74) is 1.50. The van der Waals surface area contributed by atoms with Crippen molar-refractivity contribution in [1.29, 1.82) is 0 Å². The van der Waals surface area contributed by atoms with Gasteiger partial charge in [-0.2, -0.15) is 8.78 Å². The van der Waals surface area contributed by atoms with Crippen LogP contribution in [-0.2, 0) is 0 Å². The molecule has 20 heavy (non-hydrogen) atoms. The van der Waals surface area contributed by atoms with Crippen molar-refractivity contribution < 1.29 is 18.3 Å². The Kier molecular flexibility index (Phi) is 3.23. The Hall–Kier alpha value is -2.22. The second-order valence-corrected chi connectivity index (χ2v) is 4.75. The SMILES string of the molecule is COc1nn2cc(-c3ccc(OC(F)F)cc3)nc2s1. The van der Waals surface area contributed by atoms with E-state index in [1.54, 1.807) is 30.0 Å². The topological polar surface area (TPSA) is 48.7 Å². The summed E-state index contributed by atoms with van der Waals surface area (Å²) >= 11 is 1.32. The van der Waals surface area contributed by atoms with E-state index < -0.39 is 6.61 Å². The molecule has 8 heteroatoms. The monoisotopic (exact) mass is 297 g/mol. The van der Waals surface area contributed by atoms with Gasteiger partial charge in [-0.05, 0) is 35.6 Å². The molecule has 0 saturated heterocycles. The number of rotatable bonds is 4. The van der Waals surface area contributed by atoms with E-state index >= 15 is 0 Å². The zero-order chi connectivity index (χ0) is 14.1. The molecule has 3 aromatic rings. The predicted octanol–water partition coefficient (Wildman–Crippen LogP) is 3.07. The van der Waals surface area contributed by atoms with Gasteiger partial charge in [0.05, 0.1) is 19.0 Å². The standard InChI is InChI=1S/C12H9F2N3O2S/c1-18-12-16-17-6-9(15-11(17)20-12)7-2-4-8(5-3-7)19-10(13)14/h2-6,10H,1H3. The minimum absolute atomic E-state index is 0.115. The number of fused-ring (bicyclic) bond motifs is 1. The van der Waals surface area contributed by atoms with Gasteiger partial charge in [-0.25, -0.2) is 9.50 Å². The molecule has 0 aliphatic rings. The maximum absolute atomic E-state index is 12.1. The van der Waals surface area contributed by atoms with Gasteiger partial charge in [-0.15, -0.1) is 5.10 Å². The Bertz CT molecular complexity index is 692. The van der Waals surface area contributed by atoms with E-state index in [-0.39, 0.29) is 5.75 Å². The van der Waals surface area contributed by atoms with E-state index in [0.717, 1.165) is 5.56 Å². The second kappa shape index (κ2) is 5.04.